The van der Waals surface area contributed by atoms with Gasteiger partial charge in [-0.25, -0.2) is 4.39 Å². The summed E-state index contributed by atoms with van der Waals surface area (Å²) in [5.74, 6) is -1.32. The van der Waals surface area contributed by atoms with Crippen molar-refractivity contribution in [2.24, 2.45) is 0 Å². The van der Waals surface area contributed by atoms with E-state index in [1.165, 1.54) is 19.1 Å². The molecule has 1 fully saturated rings. The van der Waals surface area contributed by atoms with E-state index in [2.05, 4.69) is 22.2 Å². The van der Waals surface area contributed by atoms with Crippen molar-refractivity contribution in [2.45, 2.75) is 6.92 Å². The van der Waals surface area contributed by atoms with Gasteiger partial charge in [-0.05, 0) is 43.4 Å². The maximum atomic E-state index is 14.0. The summed E-state index contributed by atoms with van der Waals surface area (Å²) in [6.45, 7) is 5.04. The predicted octanol–water partition coefficient (Wildman–Crippen LogP) is 2.57. The molecule has 0 saturated carbocycles. The predicted molar refractivity (Wildman–Crippen MR) is 109 cm³/mol. The Hall–Kier alpha value is -2.93. The number of benzene rings is 2. The Bertz CT molecular complexity index is 833. The summed E-state index contributed by atoms with van der Waals surface area (Å²) in [6, 6.07) is 13.5. The molecule has 0 bridgehead atoms. The zero-order chi connectivity index (χ0) is 20.1. The van der Waals surface area contributed by atoms with Gasteiger partial charge in [0.15, 0.2) is 0 Å². The molecule has 0 aromatic heterocycles. The van der Waals surface area contributed by atoms with Crippen molar-refractivity contribution in [3.8, 4) is 0 Å². The zero-order valence-corrected chi connectivity index (χ0v) is 16.2. The van der Waals surface area contributed by atoms with Gasteiger partial charge >= 0.3 is 0 Å². The second kappa shape index (κ2) is 8.84. The van der Waals surface area contributed by atoms with Gasteiger partial charge in [0, 0.05) is 44.5 Å². The lowest BCUT2D eigenvalue weighted by molar-refractivity contribution is -0.120. The van der Waals surface area contributed by atoms with Crippen LogP contribution >= 0.6 is 0 Å². The van der Waals surface area contributed by atoms with E-state index in [9.17, 15) is 14.0 Å². The first kappa shape index (κ1) is 19.8. The highest BCUT2D eigenvalue weighted by atomic mass is 19.1. The van der Waals surface area contributed by atoms with Crippen molar-refractivity contribution in [1.29, 1.82) is 0 Å². The minimum absolute atomic E-state index is 0.0931. The number of rotatable bonds is 5. The number of piperazine rings is 1. The summed E-state index contributed by atoms with van der Waals surface area (Å²) in [5.41, 5.74) is 1.85. The van der Waals surface area contributed by atoms with Gasteiger partial charge in [0.1, 0.15) is 12.4 Å². The third kappa shape index (κ3) is 4.86. The van der Waals surface area contributed by atoms with Crippen LogP contribution in [0.3, 0.4) is 0 Å². The van der Waals surface area contributed by atoms with E-state index < -0.39 is 11.7 Å². The van der Waals surface area contributed by atoms with Gasteiger partial charge in [0.05, 0.1) is 5.69 Å². The van der Waals surface area contributed by atoms with Crippen molar-refractivity contribution >= 4 is 28.9 Å². The van der Waals surface area contributed by atoms with Gasteiger partial charge in [-0.2, -0.15) is 0 Å². The number of nitrogens with one attached hydrogen (secondary N) is 1. The molecule has 2 amide bonds. The molecule has 1 heterocycles. The maximum absolute atomic E-state index is 14.0. The number of carbonyl (C=O) groups excluding carboxylic acids is 2. The molecular formula is C21H25FN4O2. The highest BCUT2D eigenvalue weighted by molar-refractivity contribution is 6.01. The molecule has 2 aromatic carbocycles. The van der Waals surface area contributed by atoms with E-state index in [0.29, 0.717) is 5.69 Å². The molecule has 0 unspecified atom stereocenters. The number of carbonyl (C=O) groups is 2. The fourth-order valence-corrected chi connectivity index (χ4v) is 3.20. The Kier molecular flexibility index (Phi) is 6.26. The summed E-state index contributed by atoms with van der Waals surface area (Å²) >= 11 is 0. The minimum Gasteiger partial charge on any atom is -0.369 e. The van der Waals surface area contributed by atoms with Crippen LogP contribution in [0.1, 0.15) is 6.92 Å². The molecule has 1 saturated heterocycles. The fraction of sp³-hybridized carbons (Fsp3) is 0.333. The molecule has 1 N–H and O–H groups in total. The van der Waals surface area contributed by atoms with Crippen LogP contribution in [0.15, 0.2) is 48.5 Å². The first-order valence-electron chi connectivity index (χ1n) is 9.30. The highest BCUT2D eigenvalue weighted by Gasteiger charge is 2.19. The molecule has 6 nitrogen and oxygen atoms in total. The molecule has 0 atom stereocenters. The van der Waals surface area contributed by atoms with Gasteiger partial charge < -0.3 is 20.0 Å². The quantitative estimate of drug-likeness (QED) is 0.861. The molecule has 0 spiro atoms. The minimum atomic E-state index is -0.540. The second-order valence-corrected chi connectivity index (χ2v) is 6.94. The Morgan fingerprint density at radius 3 is 2.29 bits per heavy atom. The lowest BCUT2D eigenvalue weighted by Gasteiger charge is -2.34. The van der Waals surface area contributed by atoms with Crippen molar-refractivity contribution in [1.82, 2.24) is 4.90 Å². The Balaban J connectivity index is 1.62. The van der Waals surface area contributed by atoms with Crippen LogP contribution in [0.2, 0.25) is 0 Å². The lowest BCUT2D eigenvalue weighted by Crippen LogP contribution is -2.44. The van der Waals surface area contributed by atoms with Gasteiger partial charge in [-0.15, -0.1) is 0 Å². The average Bonchev–Trinajstić information content (AvgIpc) is 2.68. The zero-order valence-electron chi connectivity index (χ0n) is 16.2. The lowest BCUT2D eigenvalue weighted by atomic mass is 10.2. The third-order valence-corrected chi connectivity index (χ3v) is 4.84. The number of hydrogen-bond donors (Lipinski definition) is 1. The molecule has 7 heteroatoms. The summed E-state index contributed by atoms with van der Waals surface area (Å²) in [7, 11) is 2.11. The van der Waals surface area contributed by atoms with Crippen LogP contribution in [-0.2, 0) is 9.59 Å². The number of para-hydroxylation sites is 1. The summed E-state index contributed by atoms with van der Waals surface area (Å²) in [6.07, 6.45) is 0. The Morgan fingerprint density at radius 1 is 1.04 bits per heavy atom. The van der Waals surface area contributed by atoms with Crippen LogP contribution < -0.4 is 15.1 Å². The number of anilines is 3. The summed E-state index contributed by atoms with van der Waals surface area (Å²) in [4.78, 5) is 30.0. The number of hydrogen-bond acceptors (Lipinski definition) is 4. The molecular weight excluding hydrogens is 359 g/mol. The molecule has 1 aliphatic heterocycles. The highest BCUT2D eigenvalue weighted by Crippen LogP contribution is 2.21. The van der Waals surface area contributed by atoms with Crippen LogP contribution in [0.4, 0.5) is 21.5 Å². The van der Waals surface area contributed by atoms with Gasteiger partial charge in [-0.3, -0.25) is 9.59 Å². The van der Waals surface area contributed by atoms with Gasteiger partial charge in [-0.1, -0.05) is 12.1 Å². The van der Waals surface area contributed by atoms with Crippen molar-refractivity contribution in [3.05, 3.63) is 54.3 Å². The number of halogens is 1. The molecule has 1 aliphatic rings. The smallest absolute Gasteiger partial charge is 0.244 e. The fourth-order valence-electron chi connectivity index (χ4n) is 3.20. The monoisotopic (exact) mass is 384 g/mol. The second-order valence-electron chi connectivity index (χ2n) is 6.94. The van der Waals surface area contributed by atoms with Crippen LogP contribution in [0.5, 0.6) is 0 Å². The topological polar surface area (TPSA) is 55.9 Å². The van der Waals surface area contributed by atoms with E-state index in [0.717, 1.165) is 36.8 Å². The molecule has 28 heavy (non-hydrogen) atoms. The Labute approximate surface area is 164 Å². The van der Waals surface area contributed by atoms with Crippen LogP contribution in [-0.4, -0.2) is 56.5 Å². The normalized spacial score (nSPS) is 14.6. The third-order valence-electron chi connectivity index (χ3n) is 4.84. The number of nitrogens with zero attached hydrogens (tertiary/aromatic N) is 3. The largest absolute Gasteiger partial charge is 0.369 e. The van der Waals surface area contributed by atoms with E-state index in [1.807, 2.05) is 24.3 Å². The van der Waals surface area contributed by atoms with E-state index in [-0.39, 0.29) is 18.1 Å². The molecule has 0 aliphatic carbocycles. The average molecular weight is 384 g/mol. The summed E-state index contributed by atoms with van der Waals surface area (Å²) in [5, 5.41) is 2.77. The molecule has 0 radical (unpaired) electrons. The number of amides is 2. The first-order chi connectivity index (χ1) is 13.4. The Morgan fingerprint density at radius 2 is 1.68 bits per heavy atom. The van der Waals surface area contributed by atoms with Crippen molar-refractivity contribution in [3.63, 3.8) is 0 Å². The SMILES string of the molecule is CC(=O)N(CC(=O)Nc1ccc(N2CCN(C)CC2)cc1)c1ccccc1F. The maximum Gasteiger partial charge on any atom is 0.244 e. The molecule has 3 rings (SSSR count). The van der Waals surface area contributed by atoms with Gasteiger partial charge in [0.2, 0.25) is 11.8 Å². The van der Waals surface area contributed by atoms with Crippen molar-refractivity contribution < 1.29 is 14.0 Å². The molecule has 148 valence electrons. The van der Waals surface area contributed by atoms with E-state index in [1.54, 1.807) is 12.1 Å². The van der Waals surface area contributed by atoms with Gasteiger partial charge in [0.25, 0.3) is 0 Å². The van der Waals surface area contributed by atoms with E-state index >= 15 is 0 Å². The molecule has 2 aromatic rings. The van der Waals surface area contributed by atoms with Crippen molar-refractivity contribution in [2.75, 3.05) is 54.9 Å². The van der Waals surface area contributed by atoms with E-state index in [4.69, 9.17) is 0 Å². The standard InChI is InChI=1S/C21H25FN4O2/c1-16(27)26(20-6-4-3-5-19(20)22)15-21(28)23-17-7-9-18(10-8-17)25-13-11-24(2)12-14-25/h3-10H,11-15H2,1-2H3,(H,23,28). The van der Waals surface area contributed by atoms with Crippen LogP contribution in [0.25, 0.3) is 0 Å². The summed E-state index contributed by atoms with van der Waals surface area (Å²) < 4.78 is 14.0. The number of likely N-dealkylation sites (N-methyl/N-ethyl adjacent to an activating group) is 1. The first-order valence-corrected chi connectivity index (χ1v) is 9.30. The van der Waals surface area contributed by atoms with Crippen LogP contribution in [0, 0.1) is 5.82 Å².